The van der Waals surface area contributed by atoms with E-state index in [1.165, 1.54) is 6.33 Å². The van der Waals surface area contributed by atoms with E-state index in [-0.39, 0.29) is 30.5 Å². The number of nitrogens with one attached hydrogen (secondary N) is 1. The van der Waals surface area contributed by atoms with Crippen LogP contribution in [0, 0.1) is 0 Å². The summed E-state index contributed by atoms with van der Waals surface area (Å²) in [6.07, 6.45) is 4.58. The Bertz CT molecular complexity index is 1310. The molecule has 172 valence electrons. The lowest BCUT2D eigenvalue weighted by Crippen LogP contribution is -2.50. The van der Waals surface area contributed by atoms with Crippen molar-refractivity contribution in [2.24, 2.45) is 0 Å². The fraction of sp³-hybridized carbons (Fsp3) is 0.435. The highest BCUT2D eigenvalue weighted by atomic mass is 16.3. The number of aromatic nitrogens is 6. The fourth-order valence-electron chi connectivity index (χ4n) is 4.83. The second-order valence-corrected chi connectivity index (χ2v) is 8.95. The van der Waals surface area contributed by atoms with Gasteiger partial charge in [-0.15, -0.1) is 0 Å². The summed E-state index contributed by atoms with van der Waals surface area (Å²) >= 11 is 0. The average Bonchev–Trinajstić information content (AvgIpc) is 3.38. The van der Waals surface area contributed by atoms with Gasteiger partial charge in [0.05, 0.1) is 35.5 Å². The van der Waals surface area contributed by atoms with Crippen molar-refractivity contribution in [2.45, 2.75) is 63.8 Å². The maximum Gasteiger partial charge on any atom is 0.240 e. The van der Waals surface area contributed by atoms with E-state index in [1.54, 1.807) is 6.33 Å². The number of amides is 1. The number of aliphatic hydroxyl groups is 1. The molecule has 3 aromatic heterocycles. The predicted molar refractivity (Wildman–Crippen MR) is 124 cm³/mol. The lowest BCUT2D eigenvalue weighted by atomic mass is 9.88. The van der Waals surface area contributed by atoms with E-state index in [1.807, 2.05) is 33.4 Å². The highest BCUT2D eigenvalue weighted by molar-refractivity contribution is 5.82. The van der Waals surface area contributed by atoms with Crippen molar-refractivity contribution in [1.82, 2.24) is 34.4 Å². The van der Waals surface area contributed by atoms with Gasteiger partial charge < -0.3 is 25.3 Å². The van der Waals surface area contributed by atoms with E-state index < -0.39 is 6.10 Å². The summed E-state index contributed by atoms with van der Waals surface area (Å²) in [6, 6.07) is 7.19. The molecule has 10 nitrogen and oxygen atoms in total. The summed E-state index contributed by atoms with van der Waals surface area (Å²) in [4.78, 5) is 30.4. The second-order valence-electron chi connectivity index (χ2n) is 8.95. The Hall–Kier alpha value is -3.53. The Balaban J connectivity index is 1.35. The van der Waals surface area contributed by atoms with Gasteiger partial charge in [-0.2, -0.15) is 0 Å². The third-order valence-corrected chi connectivity index (χ3v) is 6.41. The summed E-state index contributed by atoms with van der Waals surface area (Å²) in [5.74, 6) is 1.21. The molecule has 1 fully saturated rings. The van der Waals surface area contributed by atoms with Crippen molar-refractivity contribution < 1.29 is 9.90 Å². The van der Waals surface area contributed by atoms with Gasteiger partial charge in [-0.25, -0.2) is 19.9 Å². The smallest absolute Gasteiger partial charge is 0.240 e. The molecule has 0 radical (unpaired) electrons. The maximum atomic E-state index is 13.1. The maximum absolute atomic E-state index is 13.1. The molecule has 3 atom stereocenters. The van der Waals surface area contributed by atoms with Crippen molar-refractivity contribution in [3.05, 3.63) is 42.7 Å². The number of benzene rings is 1. The second kappa shape index (κ2) is 8.43. The summed E-state index contributed by atoms with van der Waals surface area (Å²) in [5, 5.41) is 14.2. The van der Waals surface area contributed by atoms with Crippen LogP contribution >= 0.6 is 0 Å². The SMILES string of the molecule is CC(C)c1nc2ccccc2n1CC(=O)N[C@H]1CCC[C@H](n2cnc3c(N)ncnc32)[C@H]1O. The number of rotatable bonds is 5. The fourth-order valence-corrected chi connectivity index (χ4v) is 4.83. The molecule has 1 aromatic carbocycles. The van der Waals surface area contributed by atoms with Gasteiger partial charge in [0.2, 0.25) is 5.91 Å². The number of anilines is 1. The first-order chi connectivity index (χ1) is 15.9. The number of hydrogen-bond acceptors (Lipinski definition) is 7. The molecule has 3 heterocycles. The van der Waals surface area contributed by atoms with Crippen LogP contribution in [-0.4, -0.2) is 52.2 Å². The number of nitrogens with zero attached hydrogens (tertiary/aromatic N) is 6. The van der Waals surface area contributed by atoms with Crippen LogP contribution in [0.15, 0.2) is 36.9 Å². The summed E-state index contributed by atoms with van der Waals surface area (Å²) in [6.45, 7) is 4.29. The predicted octanol–water partition coefficient (Wildman–Crippen LogP) is 2.15. The third-order valence-electron chi connectivity index (χ3n) is 6.41. The highest BCUT2D eigenvalue weighted by Gasteiger charge is 2.35. The van der Waals surface area contributed by atoms with Crippen molar-refractivity contribution in [1.29, 1.82) is 0 Å². The number of carbonyl (C=O) groups is 1. The van der Waals surface area contributed by atoms with Gasteiger partial charge in [-0.05, 0) is 31.4 Å². The van der Waals surface area contributed by atoms with Crippen LogP contribution in [0.3, 0.4) is 0 Å². The number of nitrogen functional groups attached to an aromatic ring is 1. The van der Waals surface area contributed by atoms with Crippen LogP contribution in [-0.2, 0) is 11.3 Å². The molecule has 33 heavy (non-hydrogen) atoms. The van der Waals surface area contributed by atoms with E-state index in [0.29, 0.717) is 23.4 Å². The van der Waals surface area contributed by atoms with Crippen molar-refractivity contribution >= 4 is 33.9 Å². The first kappa shape index (κ1) is 21.3. The summed E-state index contributed by atoms with van der Waals surface area (Å²) < 4.78 is 3.81. The topological polar surface area (TPSA) is 137 Å². The molecule has 10 heteroatoms. The molecule has 0 bridgehead atoms. The van der Waals surface area contributed by atoms with Crippen LogP contribution in [0.2, 0.25) is 0 Å². The minimum Gasteiger partial charge on any atom is -0.389 e. The van der Waals surface area contributed by atoms with Gasteiger partial charge in [0.1, 0.15) is 24.2 Å². The number of carbonyl (C=O) groups excluding carboxylic acids is 1. The van der Waals surface area contributed by atoms with Crippen molar-refractivity contribution in [3.63, 3.8) is 0 Å². The Morgan fingerprint density at radius 2 is 2.06 bits per heavy atom. The standard InChI is InChI=1S/C23H28N8O2/c1-13(2)22-29-14-6-3-4-8-16(14)30(22)10-18(32)28-15-7-5-9-17(20(15)33)31-12-27-19-21(24)25-11-26-23(19)31/h3-4,6,8,11-13,15,17,20,33H,5,7,9-10H2,1-2H3,(H,28,32)(H2,24,25,26)/t15-,17-,20-/m0/s1. The van der Waals surface area contributed by atoms with Crippen LogP contribution in [0.4, 0.5) is 5.82 Å². The monoisotopic (exact) mass is 448 g/mol. The number of nitrogens with two attached hydrogens (primary N) is 1. The van der Waals surface area contributed by atoms with Crippen LogP contribution in [0.1, 0.15) is 50.9 Å². The minimum absolute atomic E-state index is 0.146. The summed E-state index contributed by atoms with van der Waals surface area (Å²) in [7, 11) is 0. The van der Waals surface area contributed by atoms with Gasteiger partial charge in [0.15, 0.2) is 11.5 Å². The molecule has 0 saturated heterocycles. The Morgan fingerprint density at radius 1 is 1.24 bits per heavy atom. The quantitative estimate of drug-likeness (QED) is 0.425. The first-order valence-electron chi connectivity index (χ1n) is 11.3. The third kappa shape index (κ3) is 3.80. The zero-order chi connectivity index (χ0) is 23.1. The molecule has 1 aliphatic carbocycles. The molecule has 0 spiro atoms. The minimum atomic E-state index is -0.777. The molecule has 1 aliphatic rings. The van der Waals surface area contributed by atoms with E-state index in [9.17, 15) is 9.90 Å². The van der Waals surface area contributed by atoms with E-state index in [0.717, 1.165) is 29.7 Å². The van der Waals surface area contributed by atoms with Gasteiger partial charge in [0.25, 0.3) is 0 Å². The molecule has 4 N–H and O–H groups in total. The highest BCUT2D eigenvalue weighted by Crippen LogP contribution is 2.32. The number of hydrogen-bond donors (Lipinski definition) is 3. The Kier molecular flexibility index (Phi) is 5.45. The molecule has 1 amide bonds. The largest absolute Gasteiger partial charge is 0.389 e. The molecule has 0 aliphatic heterocycles. The van der Waals surface area contributed by atoms with E-state index in [2.05, 4.69) is 34.1 Å². The van der Waals surface area contributed by atoms with E-state index >= 15 is 0 Å². The molecule has 0 unspecified atom stereocenters. The number of imidazole rings is 2. The van der Waals surface area contributed by atoms with Crippen molar-refractivity contribution in [2.75, 3.05) is 5.73 Å². The lowest BCUT2D eigenvalue weighted by Gasteiger charge is -2.36. The molecular formula is C23H28N8O2. The van der Waals surface area contributed by atoms with Crippen molar-refractivity contribution in [3.8, 4) is 0 Å². The zero-order valence-corrected chi connectivity index (χ0v) is 18.7. The van der Waals surface area contributed by atoms with E-state index in [4.69, 9.17) is 10.7 Å². The van der Waals surface area contributed by atoms with Gasteiger partial charge in [-0.1, -0.05) is 26.0 Å². The Morgan fingerprint density at radius 3 is 2.88 bits per heavy atom. The number of aliphatic hydroxyl groups excluding tert-OH is 1. The molecule has 1 saturated carbocycles. The van der Waals surface area contributed by atoms with Gasteiger partial charge in [0, 0.05) is 5.92 Å². The number of fused-ring (bicyclic) bond motifs is 2. The molecule has 4 aromatic rings. The van der Waals surface area contributed by atoms with Crippen LogP contribution < -0.4 is 11.1 Å². The normalized spacial score (nSPS) is 21.2. The Labute approximate surface area is 190 Å². The van der Waals surface area contributed by atoms with Crippen LogP contribution in [0.25, 0.3) is 22.2 Å². The average molecular weight is 449 g/mol. The van der Waals surface area contributed by atoms with Gasteiger partial charge >= 0.3 is 0 Å². The van der Waals surface area contributed by atoms with Crippen LogP contribution in [0.5, 0.6) is 0 Å². The van der Waals surface area contributed by atoms with Gasteiger partial charge in [-0.3, -0.25) is 4.79 Å². The summed E-state index contributed by atoms with van der Waals surface area (Å²) in [5.41, 5.74) is 8.82. The lowest BCUT2D eigenvalue weighted by molar-refractivity contribution is -0.124. The molecule has 5 rings (SSSR count). The number of para-hydroxylation sites is 2. The first-order valence-corrected chi connectivity index (χ1v) is 11.3. The molecular weight excluding hydrogens is 420 g/mol. The zero-order valence-electron chi connectivity index (χ0n) is 18.7.